The van der Waals surface area contributed by atoms with Crippen molar-refractivity contribution in [2.45, 2.75) is 32.6 Å². The van der Waals surface area contributed by atoms with Gasteiger partial charge in [-0.25, -0.2) is 9.37 Å². The molecular formula is C24H25ClFN3O3S. The predicted octanol–water partition coefficient (Wildman–Crippen LogP) is 5.36. The zero-order valence-corrected chi connectivity index (χ0v) is 20.0. The second-order valence-electron chi connectivity index (χ2n) is 8.18. The van der Waals surface area contributed by atoms with Gasteiger partial charge in [0.2, 0.25) is 5.91 Å². The summed E-state index contributed by atoms with van der Waals surface area (Å²) >= 11 is 7.81. The number of pyridine rings is 1. The van der Waals surface area contributed by atoms with E-state index in [0.717, 1.165) is 47.7 Å². The standard InChI is InChI=1S/C24H25ClFN3O3S/c1-13-10-29-24(33-13)19-9-17(32-12-15-3-5-31-6-4-15)8-18(23(27)30)21(19)14(2)22-20(25)7-16(26)11-28-22/h7-11,14-15H,3-6,12H2,1-2H3,(H2,27,30). The smallest absolute Gasteiger partial charge is 0.249 e. The van der Waals surface area contributed by atoms with E-state index in [4.69, 9.17) is 26.8 Å². The van der Waals surface area contributed by atoms with Gasteiger partial charge in [0, 0.05) is 41.3 Å². The van der Waals surface area contributed by atoms with Gasteiger partial charge < -0.3 is 15.2 Å². The fraction of sp³-hybridized carbons (Fsp3) is 0.375. The molecule has 0 radical (unpaired) electrons. The highest BCUT2D eigenvalue weighted by Crippen LogP contribution is 2.41. The SMILES string of the molecule is Cc1cnc(-c2cc(OCC3CCOCC3)cc(C(N)=O)c2C(C)c2ncc(F)cc2Cl)s1. The Morgan fingerprint density at radius 2 is 2.06 bits per heavy atom. The number of aromatic nitrogens is 2. The van der Waals surface area contributed by atoms with Gasteiger partial charge in [-0.05, 0) is 49.4 Å². The number of ether oxygens (including phenoxy) is 2. The van der Waals surface area contributed by atoms with Crippen LogP contribution in [-0.4, -0.2) is 35.7 Å². The largest absolute Gasteiger partial charge is 0.493 e. The molecular weight excluding hydrogens is 465 g/mol. The predicted molar refractivity (Wildman–Crippen MR) is 127 cm³/mol. The van der Waals surface area contributed by atoms with Crippen LogP contribution in [0.3, 0.4) is 0 Å². The molecule has 1 unspecified atom stereocenters. The summed E-state index contributed by atoms with van der Waals surface area (Å²) < 4.78 is 25.1. The number of primary amides is 1. The molecule has 2 N–H and O–H groups in total. The molecule has 1 amide bonds. The van der Waals surface area contributed by atoms with Crippen LogP contribution in [0.25, 0.3) is 10.6 Å². The van der Waals surface area contributed by atoms with Crippen LogP contribution in [0.4, 0.5) is 4.39 Å². The van der Waals surface area contributed by atoms with E-state index >= 15 is 0 Å². The molecule has 1 saturated heterocycles. The first-order valence-electron chi connectivity index (χ1n) is 10.8. The molecule has 1 aromatic carbocycles. The highest BCUT2D eigenvalue weighted by Gasteiger charge is 2.26. The van der Waals surface area contributed by atoms with E-state index < -0.39 is 17.6 Å². The van der Waals surface area contributed by atoms with Crippen molar-refractivity contribution in [3.8, 4) is 16.3 Å². The van der Waals surface area contributed by atoms with Gasteiger partial charge in [-0.15, -0.1) is 11.3 Å². The molecule has 3 heterocycles. The molecule has 0 bridgehead atoms. The number of thiazole rings is 1. The average Bonchev–Trinajstić information content (AvgIpc) is 3.23. The quantitative estimate of drug-likeness (QED) is 0.482. The first kappa shape index (κ1) is 23.6. The second kappa shape index (κ2) is 10.2. The lowest BCUT2D eigenvalue weighted by molar-refractivity contribution is 0.0497. The third-order valence-corrected chi connectivity index (χ3v) is 7.03. The molecule has 1 fully saturated rings. The fourth-order valence-electron chi connectivity index (χ4n) is 4.04. The lowest BCUT2D eigenvalue weighted by atomic mass is 9.87. The lowest BCUT2D eigenvalue weighted by Crippen LogP contribution is -2.22. The highest BCUT2D eigenvalue weighted by molar-refractivity contribution is 7.15. The molecule has 9 heteroatoms. The van der Waals surface area contributed by atoms with E-state index in [1.807, 2.05) is 19.9 Å². The monoisotopic (exact) mass is 489 g/mol. The Balaban J connectivity index is 1.80. The molecule has 1 aliphatic heterocycles. The molecule has 1 aliphatic rings. The molecule has 1 atom stereocenters. The molecule has 33 heavy (non-hydrogen) atoms. The summed E-state index contributed by atoms with van der Waals surface area (Å²) in [4.78, 5) is 22.3. The van der Waals surface area contributed by atoms with Crippen LogP contribution in [-0.2, 0) is 4.74 Å². The van der Waals surface area contributed by atoms with E-state index in [-0.39, 0.29) is 5.02 Å². The summed E-state index contributed by atoms with van der Waals surface area (Å²) in [6, 6.07) is 4.76. The Morgan fingerprint density at radius 1 is 1.30 bits per heavy atom. The summed E-state index contributed by atoms with van der Waals surface area (Å²) in [7, 11) is 0. The van der Waals surface area contributed by atoms with E-state index in [2.05, 4.69) is 9.97 Å². The molecule has 4 rings (SSSR count). The molecule has 0 spiro atoms. The van der Waals surface area contributed by atoms with Crippen LogP contribution in [0, 0.1) is 18.7 Å². The van der Waals surface area contributed by atoms with Crippen LogP contribution < -0.4 is 10.5 Å². The highest BCUT2D eigenvalue weighted by atomic mass is 35.5. The Kier molecular flexibility index (Phi) is 7.26. The van der Waals surface area contributed by atoms with Crippen LogP contribution in [0.5, 0.6) is 5.75 Å². The number of amides is 1. The maximum absolute atomic E-state index is 13.6. The van der Waals surface area contributed by atoms with E-state index in [0.29, 0.717) is 35.1 Å². The van der Waals surface area contributed by atoms with Crippen LogP contribution in [0.2, 0.25) is 5.02 Å². The van der Waals surface area contributed by atoms with Gasteiger partial charge in [0.1, 0.15) is 16.6 Å². The zero-order valence-electron chi connectivity index (χ0n) is 18.4. The molecule has 3 aromatic rings. The van der Waals surface area contributed by atoms with Crippen molar-refractivity contribution >= 4 is 28.8 Å². The van der Waals surface area contributed by atoms with Gasteiger partial charge in [0.05, 0.1) is 23.5 Å². The Labute approximate surface area is 200 Å². The van der Waals surface area contributed by atoms with Crippen LogP contribution >= 0.6 is 22.9 Å². The van der Waals surface area contributed by atoms with Gasteiger partial charge in [-0.2, -0.15) is 0 Å². The van der Waals surface area contributed by atoms with E-state index in [1.54, 1.807) is 12.3 Å². The van der Waals surface area contributed by atoms with Crippen LogP contribution in [0.1, 0.15) is 52.2 Å². The molecule has 0 saturated carbocycles. The van der Waals surface area contributed by atoms with Crippen molar-refractivity contribution < 1.29 is 18.7 Å². The van der Waals surface area contributed by atoms with E-state index in [9.17, 15) is 9.18 Å². The van der Waals surface area contributed by atoms with Gasteiger partial charge in [0.25, 0.3) is 0 Å². The Hall–Kier alpha value is -2.55. The molecule has 2 aromatic heterocycles. The number of carbonyl (C=O) groups is 1. The van der Waals surface area contributed by atoms with Crippen LogP contribution in [0.15, 0.2) is 30.6 Å². The number of nitrogens with zero attached hydrogens (tertiary/aromatic N) is 2. The van der Waals surface area contributed by atoms with Gasteiger partial charge >= 0.3 is 0 Å². The lowest BCUT2D eigenvalue weighted by Gasteiger charge is -2.24. The number of rotatable bonds is 7. The number of hydrogen-bond acceptors (Lipinski definition) is 6. The summed E-state index contributed by atoms with van der Waals surface area (Å²) in [5, 5.41) is 0.908. The minimum absolute atomic E-state index is 0.180. The Morgan fingerprint density at radius 3 is 2.70 bits per heavy atom. The van der Waals surface area contributed by atoms with Gasteiger partial charge in [-0.1, -0.05) is 18.5 Å². The molecule has 6 nitrogen and oxygen atoms in total. The topological polar surface area (TPSA) is 87.3 Å². The number of benzene rings is 1. The number of hydrogen-bond donors (Lipinski definition) is 1. The summed E-state index contributed by atoms with van der Waals surface area (Å²) in [5.41, 5.74) is 7.92. The van der Waals surface area contributed by atoms with E-state index in [1.165, 1.54) is 17.4 Å². The normalized spacial score (nSPS) is 15.4. The first-order chi connectivity index (χ1) is 15.8. The number of carbonyl (C=O) groups excluding carboxylic acids is 1. The summed E-state index contributed by atoms with van der Waals surface area (Å²) in [6.45, 7) is 5.81. The third-order valence-electron chi connectivity index (χ3n) is 5.78. The zero-order chi connectivity index (χ0) is 23.5. The van der Waals surface area contributed by atoms with Crippen molar-refractivity contribution in [1.29, 1.82) is 0 Å². The van der Waals surface area contributed by atoms with Crippen molar-refractivity contribution in [1.82, 2.24) is 9.97 Å². The number of aryl methyl sites for hydroxylation is 1. The summed E-state index contributed by atoms with van der Waals surface area (Å²) in [5.74, 6) is -0.626. The third kappa shape index (κ3) is 5.34. The van der Waals surface area contributed by atoms with Gasteiger partial charge in [-0.3, -0.25) is 9.78 Å². The average molecular weight is 490 g/mol. The maximum atomic E-state index is 13.6. The number of nitrogens with two attached hydrogens (primary N) is 1. The Bertz CT molecular complexity index is 1160. The maximum Gasteiger partial charge on any atom is 0.249 e. The van der Waals surface area contributed by atoms with Crippen molar-refractivity contribution in [3.63, 3.8) is 0 Å². The van der Waals surface area contributed by atoms with Crippen molar-refractivity contribution in [3.05, 3.63) is 63.1 Å². The summed E-state index contributed by atoms with van der Waals surface area (Å²) in [6.07, 6.45) is 4.76. The minimum Gasteiger partial charge on any atom is -0.493 e. The second-order valence-corrected chi connectivity index (χ2v) is 9.82. The number of halogens is 2. The fourth-order valence-corrected chi connectivity index (χ4v) is 5.16. The molecule has 0 aliphatic carbocycles. The van der Waals surface area contributed by atoms with Crippen molar-refractivity contribution in [2.75, 3.05) is 19.8 Å². The first-order valence-corrected chi connectivity index (χ1v) is 11.9. The van der Waals surface area contributed by atoms with Gasteiger partial charge in [0.15, 0.2) is 0 Å². The van der Waals surface area contributed by atoms with Crippen molar-refractivity contribution in [2.24, 2.45) is 11.7 Å². The minimum atomic E-state index is -0.596. The molecule has 174 valence electrons.